The van der Waals surface area contributed by atoms with Crippen LogP contribution in [0.3, 0.4) is 0 Å². The van der Waals surface area contributed by atoms with Crippen LogP contribution in [0.2, 0.25) is 19.6 Å². The van der Waals surface area contributed by atoms with Crippen LogP contribution in [0.4, 0.5) is 0 Å². The second-order valence-corrected chi connectivity index (χ2v) is 10.5. The molecule has 0 radical (unpaired) electrons. The summed E-state index contributed by atoms with van der Waals surface area (Å²) in [5, 5.41) is -0.348. The molecule has 14 heavy (non-hydrogen) atoms. The number of hydrogen-bond donors (Lipinski definition) is 0. The van der Waals surface area contributed by atoms with Gasteiger partial charge in [0.2, 0.25) is 0 Å². The maximum absolute atomic E-state index is 11.1. The lowest BCUT2D eigenvalue weighted by molar-refractivity contribution is 0.108. The molecule has 1 nitrogen and oxygen atoms in total. The number of halogens is 1. The molecule has 0 atom stereocenters. The second-order valence-electron chi connectivity index (χ2n) is 4.67. The minimum absolute atomic E-state index is 0.348. The first-order chi connectivity index (χ1) is 6.40. The lowest BCUT2D eigenvalue weighted by Gasteiger charge is -2.17. The van der Waals surface area contributed by atoms with Crippen molar-refractivity contribution in [2.45, 2.75) is 25.7 Å². The van der Waals surface area contributed by atoms with E-state index < -0.39 is 8.07 Å². The average Bonchev–Trinajstić information content (AvgIpc) is 2.01. The van der Waals surface area contributed by atoms with Crippen LogP contribution in [0.5, 0.6) is 0 Å². The van der Waals surface area contributed by atoms with Crippen molar-refractivity contribution in [2.24, 2.45) is 0 Å². The summed E-state index contributed by atoms with van der Waals surface area (Å²) in [7, 11) is -1.19. The van der Waals surface area contributed by atoms with Gasteiger partial charge in [0.1, 0.15) is 0 Å². The van der Waals surface area contributed by atoms with Gasteiger partial charge < -0.3 is 0 Å². The van der Waals surface area contributed by atoms with Gasteiger partial charge in [0.25, 0.3) is 5.24 Å². The number of carbonyl (C=O) groups is 1. The van der Waals surface area contributed by atoms with E-state index in [0.717, 1.165) is 11.6 Å². The quantitative estimate of drug-likeness (QED) is 0.570. The molecule has 1 rings (SSSR count). The summed E-state index contributed by atoms with van der Waals surface area (Å²) >= 11 is 5.51. The predicted octanol–water partition coefficient (Wildman–Crippen LogP) is 3.49. The van der Waals surface area contributed by atoms with E-state index in [1.807, 2.05) is 18.2 Å². The minimum Gasteiger partial charge on any atom is -0.276 e. The summed E-state index contributed by atoms with van der Waals surface area (Å²) in [5.74, 6) is 0. The number of rotatable bonds is 3. The molecule has 0 fully saturated rings. The number of benzene rings is 1. The van der Waals surface area contributed by atoms with Gasteiger partial charge in [-0.3, -0.25) is 4.79 Å². The minimum atomic E-state index is -1.19. The Morgan fingerprint density at radius 3 is 2.36 bits per heavy atom. The topological polar surface area (TPSA) is 17.1 Å². The molecule has 0 N–H and O–H groups in total. The molecule has 0 aliphatic carbocycles. The van der Waals surface area contributed by atoms with Gasteiger partial charge in [-0.25, -0.2) is 0 Å². The highest BCUT2D eigenvalue weighted by Gasteiger charge is 2.17. The molecule has 0 aromatic heterocycles. The monoisotopic (exact) mass is 226 g/mol. The van der Waals surface area contributed by atoms with Crippen molar-refractivity contribution < 1.29 is 4.79 Å². The van der Waals surface area contributed by atoms with E-state index in [9.17, 15) is 4.79 Å². The molecular formula is C11H15ClOSi. The van der Waals surface area contributed by atoms with E-state index >= 15 is 0 Å². The molecule has 1 aromatic carbocycles. The van der Waals surface area contributed by atoms with E-state index in [1.54, 1.807) is 6.07 Å². The third-order valence-electron chi connectivity index (χ3n) is 1.95. The van der Waals surface area contributed by atoms with Crippen LogP contribution < -0.4 is 0 Å². The van der Waals surface area contributed by atoms with Gasteiger partial charge in [-0.05, 0) is 29.3 Å². The first-order valence-corrected chi connectivity index (χ1v) is 8.76. The molecular weight excluding hydrogens is 212 g/mol. The highest BCUT2D eigenvalue weighted by molar-refractivity contribution is 6.75. The highest BCUT2D eigenvalue weighted by atomic mass is 35.5. The van der Waals surface area contributed by atoms with Crippen molar-refractivity contribution in [2.75, 3.05) is 0 Å². The third-order valence-corrected chi connectivity index (χ3v) is 3.60. The standard InChI is InChI=1S/C11H15ClOSi/c1-14(2,3)8-9-6-4-5-7-10(9)11(12)13/h4-7H,8H2,1-3H3. The van der Waals surface area contributed by atoms with Crippen molar-refractivity contribution >= 4 is 24.9 Å². The van der Waals surface area contributed by atoms with Crippen LogP contribution in [-0.2, 0) is 6.04 Å². The van der Waals surface area contributed by atoms with E-state index in [-0.39, 0.29) is 5.24 Å². The molecule has 0 saturated carbocycles. The van der Waals surface area contributed by atoms with E-state index in [4.69, 9.17) is 11.6 Å². The fraction of sp³-hybridized carbons (Fsp3) is 0.364. The molecule has 76 valence electrons. The zero-order valence-electron chi connectivity index (χ0n) is 8.80. The molecule has 0 unspecified atom stereocenters. The Morgan fingerprint density at radius 1 is 1.29 bits per heavy atom. The maximum atomic E-state index is 11.1. The fourth-order valence-corrected chi connectivity index (χ4v) is 3.07. The second kappa shape index (κ2) is 4.28. The smallest absolute Gasteiger partial charge is 0.252 e. The molecule has 0 aliphatic heterocycles. The molecule has 0 bridgehead atoms. The molecule has 0 amide bonds. The van der Waals surface area contributed by atoms with Crippen LogP contribution in [0.1, 0.15) is 15.9 Å². The average molecular weight is 227 g/mol. The zero-order valence-corrected chi connectivity index (χ0v) is 10.6. The predicted molar refractivity (Wildman–Crippen MR) is 63.7 cm³/mol. The van der Waals surface area contributed by atoms with Crippen LogP contribution in [0, 0.1) is 0 Å². The molecule has 0 heterocycles. The van der Waals surface area contributed by atoms with Crippen LogP contribution in [0.25, 0.3) is 0 Å². The lowest BCUT2D eigenvalue weighted by atomic mass is 10.1. The Balaban J connectivity index is 3.02. The normalized spacial score (nSPS) is 11.4. The SMILES string of the molecule is C[Si](C)(C)Cc1ccccc1C(=O)Cl. The summed E-state index contributed by atoms with van der Waals surface area (Å²) in [5.41, 5.74) is 1.75. The van der Waals surface area contributed by atoms with E-state index in [0.29, 0.717) is 5.56 Å². The number of hydrogen-bond acceptors (Lipinski definition) is 1. The van der Waals surface area contributed by atoms with Gasteiger partial charge in [0, 0.05) is 13.6 Å². The summed E-state index contributed by atoms with van der Waals surface area (Å²) in [4.78, 5) is 11.1. The highest BCUT2D eigenvalue weighted by Crippen LogP contribution is 2.17. The van der Waals surface area contributed by atoms with Gasteiger partial charge in [-0.15, -0.1) is 0 Å². The van der Waals surface area contributed by atoms with Crippen LogP contribution in [0.15, 0.2) is 24.3 Å². The Kier molecular flexibility index (Phi) is 3.51. The van der Waals surface area contributed by atoms with Crippen molar-refractivity contribution in [3.63, 3.8) is 0 Å². The summed E-state index contributed by atoms with van der Waals surface area (Å²) < 4.78 is 0. The number of carbonyl (C=O) groups excluding carboxylic acids is 1. The summed E-state index contributed by atoms with van der Waals surface area (Å²) in [6.07, 6.45) is 0. The Labute approximate surface area is 91.1 Å². The van der Waals surface area contributed by atoms with Crippen molar-refractivity contribution in [1.82, 2.24) is 0 Å². The first-order valence-electron chi connectivity index (χ1n) is 4.68. The van der Waals surface area contributed by atoms with Gasteiger partial charge in [-0.1, -0.05) is 37.8 Å². The van der Waals surface area contributed by atoms with Gasteiger partial charge >= 0.3 is 0 Å². The first kappa shape index (κ1) is 11.5. The van der Waals surface area contributed by atoms with Crippen LogP contribution in [-0.4, -0.2) is 13.3 Å². The molecule has 3 heteroatoms. The van der Waals surface area contributed by atoms with Gasteiger partial charge in [0.15, 0.2) is 0 Å². The van der Waals surface area contributed by atoms with E-state index in [1.165, 1.54) is 0 Å². The Morgan fingerprint density at radius 2 is 1.86 bits per heavy atom. The summed E-state index contributed by atoms with van der Waals surface area (Å²) in [6.45, 7) is 6.84. The maximum Gasteiger partial charge on any atom is 0.252 e. The Hall–Kier alpha value is -0.603. The Bertz CT molecular complexity index is 341. The van der Waals surface area contributed by atoms with Crippen molar-refractivity contribution in [3.8, 4) is 0 Å². The molecule has 0 aliphatic rings. The molecule has 0 spiro atoms. The third kappa shape index (κ3) is 3.27. The fourth-order valence-electron chi connectivity index (χ4n) is 1.44. The van der Waals surface area contributed by atoms with Gasteiger partial charge in [0.05, 0.1) is 0 Å². The largest absolute Gasteiger partial charge is 0.276 e. The van der Waals surface area contributed by atoms with E-state index in [2.05, 4.69) is 19.6 Å². The van der Waals surface area contributed by atoms with Gasteiger partial charge in [-0.2, -0.15) is 0 Å². The van der Waals surface area contributed by atoms with Crippen LogP contribution >= 0.6 is 11.6 Å². The van der Waals surface area contributed by atoms with Crippen molar-refractivity contribution in [3.05, 3.63) is 35.4 Å². The lowest BCUT2D eigenvalue weighted by Crippen LogP contribution is -2.24. The summed E-state index contributed by atoms with van der Waals surface area (Å²) in [6, 6.07) is 8.60. The van der Waals surface area contributed by atoms with Crippen molar-refractivity contribution in [1.29, 1.82) is 0 Å². The molecule has 0 saturated heterocycles. The molecule has 1 aromatic rings. The zero-order chi connectivity index (χ0) is 10.8.